The Labute approximate surface area is 161 Å². The molecule has 0 bridgehead atoms. The molecular formula is C20H32N4O3. The number of guanidine groups is 1. The van der Waals surface area contributed by atoms with Gasteiger partial charge in [-0.1, -0.05) is 12.1 Å². The molecule has 1 aliphatic rings. The number of nitrogens with one attached hydrogen (secondary N) is 1. The fraction of sp³-hybridized carbons (Fsp3) is 0.600. The number of carbonyl (C=O) groups is 1. The van der Waals surface area contributed by atoms with Crippen molar-refractivity contribution in [1.29, 1.82) is 0 Å². The Balaban J connectivity index is 1.69. The standard InChI is InChI=1S/C20H32N4O3/c1-22-20(24(2)12-8-17-9-13-26-14-10-17)23-11-7-16-3-5-18(6-4-16)27-15-19(21)25/h3-6,17H,7-15H2,1-2H3,(H2,21,25)(H,22,23). The lowest BCUT2D eigenvalue weighted by molar-refractivity contribution is -0.119. The van der Waals surface area contributed by atoms with E-state index in [9.17, 15) is 4.79 Å². The van der Waals surface area contributed by atoms with E-state index >= 15 is 0 Å². The molecule has 0 radical (unpaired) electrons. The van der Waals surface area contributed by atoms with Crippen LogP contribution in [0.15, 0.2) is 29.3 Å². The quantitative estimate of drug-likeness (QED) is 0.503. The minimum Gasteiger partial charge on any atom is -0.484 e. The fourth-order valence-corrected chi connectivity index (χ4v) is 3.13. The molecule has 2 rings (SSSR count). The van der Waals surface area contributed by atoms with E-state index in [1.165, 1.54) is 24.8 Å². The zero-order valence-corrected chi connectivity index (χ0v) is 16.4. The number of primary amides is 1. The summed E-state index contributed by atoms with van der Waals surface area (Å²) >= 11 is 0. The van der Waals surface area contributed by atoms with Crippen molar-refractivity contribution in [3.8, 4) is 5.75 Å². The number of hydrogen-bond donors (Lipinski definition) is 2. The lowest BCUT2D eigenvalue weighted by Gasteiger charge is -2.26. The van der Waals surface area contributed by atoms with Crippen molar-refractivity contribution in [3.05, 3.63) is 29.8 Å². The zero-order valence-electron chi connectivity index (χ0n) is 16.4. The summed E-state index contributed by atoms with van der Waals surface area (Å²) in [5.41, 5.74) is 6.26. The molecule has 0 saturated carbocycles. The highest BCUT2D eigenvalue weighted by Crippen LogP contribution is 2.18. The van der Waals surface area contributed by atoms with Crippen LogP contribution in [0, 0.1) is 5.92 Å². The summed E-state index contributed by atoms with van der Waals surface area (Å²) < 4.78 is 10.7. The third kappa shape index (κ3) is 7.86. The van der Waals surface area contributed by atoms with Crippen molar-refractivity contribution in [2.24, 2.45) is 16.6 Å². The number of nitrogens with two attached hydrogens (primary N) is 1. The summed E-state index contributed by atoms with van der Waals surface area (Å²) in [5, 5.41) is 3.42. The summed E-state index contributed by atoms with van der Waals surface area (Å²) in [5.74, 6) is 1.85. The van der Waals surface area contributed by atoms with Gasteiger partial charge in [-0.3, -0.25) is 9.79 Å². The van der Waals surface area contributed by atoms with E-state index < -0.39 is 5.91 Å². The molecule has 27 heavy (non-hydrogen) atoms. The predicted octanol–water partition coefficient (Wildman–Crippen LogP) is 1.42. The van der Waals surface area contributed by atoms with Crippen LogP contribution in [0.5, 0.6) is 5.75 Å². The fourth-order valence-electron chi connectivity index (χ4n) is 3.13. The SMILES string of the molecule is CN=C(NCCc1ccc(OCC(N)=O)cc1)N(C)CCC1CCOCC1. The van der Waals surface area contributed by atoms with E-state index in [-0.39, 0.29) is 6.61 Å². The van der Waals surface area contributed by atoms with Gasteiger partial charge in [-0.2, -0.15) is 0 Å². The largest absolute Gasteiger partial charge is 0.484 e. The van der Waals surface area contributed by atoms with Crippen molar-refractivity contribution in [1.82, 2.24) is 10.2 Å². The van der Waals surface area contributed by atoms with Gasteiger partial charge in [0.25, 0.3) is 5.91 Å². The molecule has 0 atom stereocenters. The minimum absolute atomic E-state index is 0.0998. The molecule has 0 spiro atoms. The van der Waals surface area contributed by atoms with Crippen LogP contribution in [-0.4, -0.2) is 63.8 Å². The molecule has 3 N–H and O–H groups in total. The van der Waals surface area contributed by atoms with Crippen molar-refractivity contribution in [3.63, 3.8) is 0 Å². The molecule has 7 heteroatoms. The van der Waals surface area contributed by atoms with E-state index in [0.29, 0.717) is 5.75 Å². The lowest BCUT2D eigenvalue weighted by Crippen LogP contribution is -2.40. The molecule has 1 fully saturated rings. The van der Waals surface area contributed by atoms with Crippen LogP contribution in [0.1, 0.15) is 24.8 Å². The van der Waals surface area contributed by atoms with Crippen LogP contribution in [0.3, 0.4) is 0 Å². The van der Waals surface area contributed by atoms with E-state index in [4.69, 9.17) is 15.2 Å². The van der Waals surface area contributed by atoms with Crippen LogP contribution in [-0.2, 0) is 16.0 Å². The van der Waals surface area contributed by atoms with Crippen LogP contribution < -0.4 is 15.8 Å². The third-order valence-electron chi connectivity index (χ3n) is 4.79. The van der Waals surface area contributed by atoms with Gasteiger partial charge in [-0.25, -0.2) is 0 Å². The molecule has 7 nitrogen and oxygen atoms in total. The van der Waals surface area contributed by atoms with E-state index in [1.54, 1.807) is 0 Å². The summed E-state index contributed by atoms with van der Waals surface area (Å²) in [4.78, 5) is 17.3. The number of aliphatic imine (C=N–C) groups is 1. The van der Waals surface area contributed by atoms with Gasteiger partial charge < -0.3 is 25.4 Å². The van der Waals surface area contributed by atoms with Crippen LogP contribution in [0.25, 0.3) is 0 Å². The van der Waals surface area contributed by atoms with E-state index in [0.717, 1.165) is 44.6 Å². The molecule has 0 aromatic heterocycles. The molecule has 0 aliphatic carbocycles. The predicted molar refractivity (Wildman–Crippen MR) is 107 cm³/mol. The van der Waals surface area contributed by atoms with Crippen LogP contribution in [0.4, 0.5) is 0 Å². The van der Waals surface area contributed by atoms with Gasteiger partial charge in [0, 0.05) is 40.4 Å². The Morgan fingerprint density at radius 2 is 2.04 bits per heavy atom. The number of benzene rings is 1. The van der Waals surface area contributed by atoms with Gasteiger partial charge in [0.15, 0.2) is 12.6 Å². The second-order valence-electron chi connectivity index (χ2n) is 6.89. The Bertz CT molecular complexity index is 598. The van der Waals surface area contributed by atoms with Crippen molar-refractivity contribution >= 4 is 11.9 Å². The summed E-state index contributed by atoms with van der Waals surface area (Å²) in [6.45, 7) is 3.49. The minimum atomic E-state index is -0.476. The molecule has 1 saturated heterocycles. The highest BCUT2D eigenvalue weighted by atomic mass is 16.5. The maximum Gasteiger partial charge on any atom is 0.255 e. The zero-order chi connectivity index (χ0) is 19.5. The number of ether oxygens (including phenoxy) is 2. The van der Waals surface area contributed by atoms with E-state index in [1.807, 2.05) is 31.3 Å². The first-order valence-electron chi connectivity index (χ1n) is 9.58. The van der Waals surface area contributed by atoms with Gasteiger partial charge >= 0.3 is 0 Å². The van der Waals surface area contributed by atoms with Gasteiger partial charge in [0.1, 0.15) is 5.75 Å². The van der Waals surface area contributed by atoms with Crippen molar-refractivity contribution in [2.45, 2.75) is 25.7 Å². The second-order valence-corrected chi connectivity index (χ2v) is 6.89. The normalized spacial score (nSPS) is 15.4. The highest BCUT2D eigenvalue weighted by Gasteiger charge is 2.15. The highest BCUT2D eigenvalue weighted by molar-refractivity contribution is 5.79. The summed E-state index contributed by atoms with van der Waals surface area (Å²) in [6.07, 6.45) is 4.38. The topological polar surface area (TPSA) is 89.2 Å². The monoisotopic (exact) mass is 376 g/mol. The molecule has 1 amide bonds. The van der Waals surface area contributed by atoms with Gasteiger partial charge in [-0.05, 0) is 49.3 Å². The molecule has 1 aromatic carbocycles. The van der Waals surface area contributed by atoms with Crippen LogP contribution in [0.2, 0.25) is 0 Å². The molecule has 1 heterocycles. The number of carbonyl (C=O) groups excluding carboxylic acids is 1. The number of rotatable bonds is 9. The molecular weight excluding hydrogens is 344 g/mol. The number of amides is 1. The first-order valence-corrected chi connectivity index (χ1v) is 9.58. The Kier molecular flexibility index (Phi) is 8.91. The van der Waals surface area contributed by atoms with Crippen molar-refractivity contribution < 1.29 is 14.3 Å². The maximum absolute atomic E-state index is 10.7. The van der Waals surface area contributed by atoms with Crippen molar-refractivity contribution in [2.75, 3.05) is 47.0 Å². The Morgan fingerprint density at radius 1 is 1.33 bits per heavy atom. The Morgan fingerprint density at radius 3 is 2.67 bits per heavy atom. The first-order chi connectivity index (χ1) is 13.1. The first kappa shape index (κ1) is 21.0. The summed E-state index contributed by atoms with van der Waals surface area (Å²) in [7, 11) is 3.90. The van der Waals surface area contributed by atoms with Gasteiger partial charge in [0.05, 0.1) is 0 Å². The average molecular weight is 377 g/mol. The second kappa shape index (κ2) is 11.4. The third-order valence-corrected chi connectivity index (χ3v) is 4.79. The van der Waals surface area contributed by atoms with Gasteiger partial charge in [0.2, 0.25) is 0 Å². The van der Waals surface area contributed by atoms with E-state index in [2.05, 4.69) is 22.3 Å². The molecule has 1 aromatic rings. The number of nitrogens with zero attached hydrogens (tertiary/aromatic N) is 2. The average Bonchev–Trinajstić information content (AvgIpc) is 2.69. The molecule has 1 aliphatic heterocycles. The molecule has 0 unspecified atom stereocenters. The maximum atomic E-state index is 10.7. The van der Waals surface area contributed by atoms with Gasteiger partial charge in [-0.15, -0.1) is 0 Å². The Hall–Kier alpha value is -2.28. The van der Waals surface area contributed by atoms with Crippen LogP contribution >= 0.6 is 0 Å². The number of hydrogen-bond acceptors (Lipinski definition) is 4. The molecule has 150 valence electrons. The lowest BCUT2D eigenvalue weighted by atomic mass is 9.96. The summed E-state index contributed by atoms with van der Waals surface area (Å²) in [6, 6.07) is 7.70. The smallest absolute Gasteiger partial charge is 0.255 e.